The fourth-order valence-electron chi connectivity index (χ4n) is 4.36. The van der Waals surface area contributed by atoms with E-state index in [-0.39, 0.29) is 17.0 Å². The van der Waals surface area contributed by atoms with Crippen LogP contribution in [0.4, 0.5) is 5.82 Å². The molecular formula is C20H27N6O13P2+. The molecule has 0 amide bonds. The molecule has 19 nitrogen and oxygen atoms in total. The number of aliphatic hydroxyl groups excluding tert-OH is 4. The Morgan fingerprint density at radius 3 is 2.15 bits per heavy atom. The number of nitrogens with two attached hydrogens (primary N) is 1. The smallest absolute Gasteiger partial charge is 0.387 e. The number of fused-ring (bicyclic) bond motifs is 1. The van der Waals surface area contributed by atoms with E-state index >= 15 is 0 Å². The summed E-state index contributed by atoms with van der Waals surface area (Å²) >= 11 is 0. The molecule has 5 rings (SSSR count). The van der Waals surface area contributed by atoms with Gasteiger partial charge in [-0.2, -0.15) is 8.88 Å². The van der Waals surface area contributed by atoms with Crippen molar-refractivity contribution in [2.45, 2.75) is 49.1 Å². The summed E-state index contributed by atoms with van der Waals surface area (Å²) in [6, 6.07) is 5.03. The van der Waals surface area contributed by atoms with Crippen molar-refractivity contribution in [1.29, 1.82) is 0 Å². The van der Waals surface area contributed by atoms with Crippen LogP contribution in [0.1, 0.15) is 12.5 Å². The van der Waals surface area contributed by atoms with Crippen molar-refractivity contribution in [3.05, 3.63) is 43.2 Å². The van der Waals surface area contributed by atoms with Crippen molar-refractivity contribution >= 4 is 32.6 Å². The average Bonchev–Trinajstić information content (AvgIpc) is 3.57. The lowest BCUT2D eigenvalue weighted by Crippen LogP contribution is -2.45. The molecule has 4 unspecified atom stereocenters. The van der Waals surface area contributed by atoms with E-state index in [9.17, 15) is 39.3 Å². The Morgan fingerprint density at radius 2 is 1.49 bits per heavy atom. The minimum absolute atomic E-state index is 0.0655. The van der Waals surface area contributed by atoms with Gasteiger partial charge < -0.3 is 45.4 Å². The third-order valence-electron chi connectivity index (χ3n) is 6.38. The molecule has 0 radical (unpaired) electrons. The maximum atomic E-state index is 12.4. The second-order valence-electron chi connectivity index (χ2n) is 9.11. The first-order valence-electron chi connectivity index (χ1n) is 11.9. The van der Waals surface area contributed by atoms with E-state index in [4.69, 9.17) is 24.3 Å². The number of aliphatic hydroxyl groups is 4. The number of nitrogen functional groups attached to an aromatic ring is 1. The van der Waals surface area contributed by atoms with E-state index in [1.807, 2.05) is 0 Å². The van der Waals surface area contributed by atoms with Gasteiger partial charge in [-0.3, -0.25) is 13.6 Å². The number of imidazole rings is 1. The summed E-state index contributed by atoms with van der Waals surface area (Å²) in [4.78, 5) is 31.8. The van der Waals surface area contributed by atoms with E-state index in [1.165, 1.54) is 15.5 Å². The average molecular weight is 621 g/mol. The minimum atomic E-state index is -5.31. The number of hydrogen-bond acceptors (Lipinski definition) is 15. The fourth-order valence-corrected chi connectivity index (χ4v) is 6.45. The van der Waals surface area contributed by atoms with Crippen molar-refractivity contribution < 1.29 is 66.7 Å². The van der Waals surface area contributed by atoms with Crippen LogP contribution in [0, 0.1) is 0 Å². The van der Waals surface area contributed by atoms with Crippen molar-refractivity contribution in [3.63, 3.8) is 0 Å². The summed E-state index contributed by atoms with van der Waals surface area (Å²) in [6.45, 7) is -1.67. The van der Waals surface area contributed by atoms with Crippen LogP contribution >= 0.6 is 15.6 Å². The molecule has 2 saturated heterocycles. The van der Waals surface area contributed by atoms with Gasteiger partial charge in [-0.25, -0.2) is 24.1 Å². The Hall–Kier alpha value is -2.48. The highest BCUT2D eigenvalue weighted by atomic mass is 31.3. The quantitative estimate of drug-likeness (QED) is 0.0941. The molecule has 21 heteroatoms. The number of pyridine rings is 1. The Morgan fingerprint density at radius 1 is 0.878 bits per heavy atom. The van der Waals surface area contributed by atoms with Crippen LogP contribution < -0.4 is 10.3 Å². The molecular weight excluding hydrogens is 594 g/mol. The van der Waals surface area contributed by atoms with E-state index < -0.39 is 77.9 Å². The molecule has 0 aliphatic carbocycles. The third-order valence-corrected chi connectivity index (χ3v) is 8.98. The lowest BCUT2D eigenvalue weighted by atomic mass is 10.1. The topological polar surface area (TPSA) is 275 Å². The Bertz CT molecular complexity index is 1470. The number of hydrogen-bond donors (Lipinski definition) is 7. The molecule has 2 fully saturated rings. The standard InChI is InChI=1S/C20H26N6O13P2/c21-17-12-18(23-8-22-17)26(9-24-12)20-16(30)14(28)11(38-20)7-36-41(33,34)39-40(31,32)35-6-10-13(27)15(29)19(37-10)25-4-2-1-3-5-25/h1-5,8-11,13-16,19-20,27-30H,6-7H2,(H3-,21,22,23,31,32,33,34)/p+1/t10-,11-,13-,14-,15-,16-,19?,20?/m1/s1. The van der Waals surface area contributed by atoms with Crippen molar-refractivity contribution in [1.82, 2.24) is 19.5 Å². The SMILES string of the molecule is Nc1ncnc2c1ncn2C1O[C@H](COP(=O)(O)OP(=O)(O)OC[C@H]2OC([n+]3ccccc3)[C@H](O)[C@@H]2O)[C@@H](O)[C@H]1O. The summed E-state index contributed by atoms with van der Waals surface area (Å²) in [7, 11) is -10.6. The van der Waals surface area contributed by atoms with E-state index in [1.54, 1.807) is 30.6 Å². The number of rotatable bonds is 10. The molecule has 5 heterocycles. The number of phosphoric acid groups is 2. The second kappa shape index (κ2) is 11.7. The van der Waals surface area contributed by atoms with Crippen LogP contribution in [0.25, 0.3) is 11.2 Å². The summed E-state index contributed by atoms with van der Waals surface area (Å²) < 4.78 is 52.2. The maximum absolute atomic E-state index is 12.4. The Kier molecular flexibility index (Phi) is 8.53. The van der Waals surface area contributed by atoms with Gasteiger partial charge in [-0.1, -0.05) is 6.07 Å². The molecule has 0 aromatic carbocycles. The number of anilines is 1. The first-order chi connectivity index (χ1) is 19.4. The lowest BCUT2D eigenvalue weighted by Gasteiger charge is -2.20. The largest absolute Gasteiger partial charge is 0.481 e. The third kappa shape index (κ3) is 6.32. The molecule has 3 aromatic heterocycles. The predicted octanol–water partition coefficient (Wildman–Crippen LogP) is -2.11. The van der Waals surface area contributed by atoms with Crippen LogP contribution in [0.15, 0.2) is 43.2 Å². The van der Waals surface area contributed by atoms with Crippen LogP contribution in [0.5, 0.6) is 0 Å². The van der Waals surface area contributed by atoms with Gasteiger partial charge in [0.15, 0.2) is 36.2 Å². The number of aromatic nitrogens is 5. The molecule has 3 aromatic rings. The Labute approximate surface area is 230 Å². The normalized spacial score (nSPS) is 33.1. The highest BCUT2D eigenvalue weighted by Gasteiger charge is 2.50. The van der Waals surface area contributed by atoms with Crippen molar-refractivity contribution in [3.8, 4) is 0 Å². The van der Waals surface area contributed by atoms with E-state index in [2.05, 4.69) is 19.3 Å². The fraction of sp³-hybridized carbons (Fsp3) is 0.500. The van der Waals surface area contributed by atoms with Crippen LogP contribution in [0.3, 0.4) is 0 Å². The van der Waals surface area contributed by atoms with Gasteiger partial charge >= 0.3 is 15.6 Å². The molecule has 224 valence electrons. The molecule has 0 bridgehead atoms. The van der Waals surface area contributed by atoms with Gasteiger partial charge in [0.1, 0.15) is 42.4 Å². The molecule has 41 heavy (non-hydrogen) atoms. The van der Waals surface area contributed by atoms with Gasteiger partial charge in [-0.05, 0) is 0 Å². The van der Waals surface area contributed by atoms with Crippen molar-refractivity contribution in [2.75, 3.05) is 18.9 Å². The summed E-state index contributed by atoms with van der Waals surface area (Å²) in [5, 5.41) is 41.4. The monoisotopic (exact) mass is 621 g/mol. The number of nitrogens with zero attached hydrogens (tertiary/aromatic N) is 5. The first kappa shape index (κ1) is 30.0. The van der Waals surface area contributed by atoms with Gasteiger partial charge in [0.25, 0.3) is 6.23 Å². The zero-order valence-electron chi connectivity index (χ0n) is 20.8. The van der Waals surface area contributed by atoms with Gasteiger partial charge in [0.2, 0.25) is 0 Å². The van der Waals surface area contributed by atoms with Crippen LogP contribution in [-0.4, -0.2) is 99.6 Å². The van der Waals surface area contributed by atoms with Gasteiger partial charge in [0.05, 0.1) is 19.5 Å². The molecule has 2 aliphatic heterocycles. The maximum Gasteiger partial charge on any atom is 0.481 e. The molecule has 10 atom stereocenters. The molecule has 8 N–H and O–H groups in total. The van der Waals surface area contributed by atoms with Gasteiger partial charge in [0, 0.05) is 12.1 Å². The van der Waals surface area contributed by atoms with E-state index in [0.29, 0.717) is 0 Å². The van der Waals surface area contributed by atoms with E-state index in [0.717, 1.165) is 6.33 Å². The molecule has 2 aliphatic rings. The zero-order chi connectivity index (χ0) is 29.5. The highest BCUT2D eigenvalue weighted by Crippen LogP contribution is 2.60. The summed E-state index contributed by atoms with van der Waals surface area (Å²) in [5.74, 6) is 0.0655. The summed E-state index contributed by atoms with van der Waals surface area (Å²) in [6.07, 6.45) is -5.58. The lowest BCUT2D eigenvalue weighted by molar-refractivity contribution is -0.765. The van der Waals surface area contributed by atoms with Gasteiger partial charge in [-0.15, -0.1) is 0 Å². The minimum Gasteiger partial charge on any atom is -0.387 e. The zero-order valence-corrected chi connectivity index (χ0v) is 22.6. The van der Waals surface area contributed by atoms with Crippen molar-refractivity contribution in [2.24, 2.45) is 0 Å². The second-order valence-corrected chi connectivity index (χ2v) is 12.2. The summed E-state index contributed by atoms with van der Waals surface area (Å²) in [5.41, 5.74) is 6.14. The van der Waals surface area contributed by atoms with Crippen LogP contribution in [0.2, 0.25) is 0 Å². The van der Waals surface area contributed by atoms with Crippen LogP contribution in [-0.2, 0) is 32.0 Å². The number of ether oxygens (including phenoxy) is 2. The first-order valence-corrected chi connectivity index (χ1v) is 14.9. The highest BCUT2D eigenvalue weighted by molar-refractivity contribution is 7.61. The Balaban J connectivity index is 1.15. The molecule has 0 spiro atoms. The molecule has 0 saturated carbocycles. The number of phosphoric ester groups is 2. The predicted molar refractivity (Wildman–Crippen MR) is 131 cm³/mol.